The van der Waals surface area contributed by atoms with Gasteiger partial charge in [-0.25, -0.2) is 0 Å². The van der Waals surface area contributed by atoms with Crippen LogP contribution >= 0.6 is 23.2 Å². The molecule has 24 heavy (non-hydrogen) atoms. The van der Waals surface area contributed by atoms with Crippen molar-refractivity contribution in [2.24, 2.45) is 11.3 Å². The zero-order chi connectivity index (χ0) is 18.1. The zero-order valence-corrected chi connectivity index (χ0v) is 15.4. The maximum absolute atomic E-state index is 10.9. The van der Waals surface area contributed by atoms with Gasteiger partial charge in [0.05, 0.1) is 27.0 Å². The summed E-state index contributed by atoms with van der Waals surface area (Å²) in [4.78, 5) is 10.3. The molecule has 130 valence electrons. The molecular weight excluding hydrogens is 353 g/mol. The normalized spacial score (nSPS) is 20.7. The highest BCUT2D eigenvalue weighted by Gasteiger charge is 2.37. The molecule has 2 rings (SSSR count). The summed E-state index contributed by atoms with van der Waals surface area (Å²) < 4.78 is 11.5. The van der Waals surface area contributed by atoms with Crippen molar-refractivity contribution in [3.63, 3.8) is 0 Å². The van der Waals surface area contributed by atoms with E-state index in [4.69, 9.17) is 32.7 Å². The predicted octanol–water partition coefficient (Wildman–Crippen LogP) is 5.41. The summed E-state index contributed by atoms with van der Waals surface area (Å²) >= 11 is 12.3. The number of non-ortho nitro benzene ring substituents is 1. The van der Waals surface area contributed by atoms with E-state index in [0.29, 0.717) is 5.76 Å². The Hall–Kier alpha value is -1.56. The minimum Gasteiger partial charge on any atom is -0.458 e. The number of hydrogen-bond donors (Lipinski definition) is 0. The van der Waals surface area contributed by atoms with E-state index in [9.17, 15) is 10.1 Å². The van der Waals surface area contributed by atoms with Gasteiger partial charge >= 0.3 is 0 Å². The van der Waals surface area contributed by atoms with Crippen molar-refractivity contribution in [1.29, 1.82) is 0 Å². The molecule has 2 atom stereocenters. The Morgan fingerprint density at radius 3 is 2.25 bits per heavy atom. The Bertz CT molecular complexity index is 684. The Kier molecular flexibility index (Phi) is 5.58. The number of ether oxygens (including phenoxy) is 2. The fraction of sp³-hybridized carbons (Fsp3) is 0.412. The van der Waals surface area contributed by atoms with Crippen molar-refractivity contribution in [2.45, 2.75) is 26.9 Å². The summed E-state index contributed by atoms with van der Waals surface area (Å²) in [5.74, 6) is 0.791. The summed E-state index contributed by atoms with van der Waals surface area (Å²) in [7, 11) is 1.64. The van der Waals surface area contributed by atoms with Crippen LogP contribution in [0, 0.1) is 21.4 Å². The first kappa shape index (κ1) is 18.8. The molecule has 0 aromatic heterocycles. The highest BCUT2D eigenvalue weighted by molar-refractivity contribution is 6.37. The molecule has 0 bridgehead atoms. The van der Waals surface area contributed by atoms with Crippen LogP contribution in [0.1, 0.15) is 20.8 Å². The van der Waals surface area contributed by atoms with Crippen molar-refractivity contribution in [3.8, 4) is 5.75 Å². The van der Waals surface area contributed by atoms with Gasteiger partial charge in [0.2, 0.25) is 0 Å². The average Bonchev–Trinajstić information content (AvgIpc) is 2.49. The van der Waals surface area contributed by atoms with E-state index in [1.54, 1.807) is 7.11 Å². The third-order valence-corrected chi connectivity index (χ3v) is 4.38. The number of nitro benzene ring substituents is 1. The average molecular weight is 372 g/mol. The molecule has 1 aliphatic carbocycles. The van der Waals surface area contributed by atoms with E-state index in [2.05, 4.69) is 20.8 Å². The van der Waals surface area contributed by atoms with E-state index < -0.39 is 4.92 Å². The molecule has 0 saturated heterocycles. The van der Waals surface area contributed by atoms with Gasteiger partial charge in [-0.05, 0) is 11.5 Å². The maximum atomic E-state index is 10.9. The van der Waals surface area contributed by atoms with Crippen LogP contribution < -0.4 is 4.74 Å². The molecular formula is C17H19Cl2NO4. The zero-order valence-electron chi connectivity index (χ0n) is 13.9. The first-order valence-electron chi connectivity index (χ1n) is 7.37. The molecule has 0 saturated carbocycles. The van der Waals surface area contributed by atoms with E-state index >= 15 is 0 Å². The van der Waals surface area contributed by atoms with Gasteiger partial charge in [-0.3, -0.25) is 10.1 Å². The number of allylic oxidation sites excluding steroid dienone is 2. The number of hydrogen-bond acceptors (Lipinski definition) is 4. The topological polar surface area (TPSA) is 61.6 Å². The molecule has 7 heteroatoms. The Morgan fingerprint density at radius 2 is 1.79 bits per heavy atom. The van der Waals surface area contributed by atoms with Crippen molar-refractivity contribution in [2.75, 3.05) is 7.11 Å². The summed E-state index contributed by atoms with van der Waals surface area (Å²) in [5, 5.41) is 11.1. The number of halogens is 2. The Morgan fingerprint density at radius 1 is 1.21 bits per heavy atom. The number of rotatable bonds is 4. The molecule has 1 aromatic carbocycles. The molecule has 0 heterocycles. The second-order valence-corrected chi connectivity index (χ2v) is 7.41. The number of methoxy groups -OCH3 is 1. The molecule has 0 radical (unpaired) electrons. The first-order chi connectivity index (χ1) is 11.1. The highest BCUT2D eigenvalue weighted by atomic mass is 35.5. The minimum absolute atomic E-state index is 0.0603. The van der Waals surface area contributed by atoms with Crippen LogP contribution in [0.15, 0.2) is 36.1 Å². The second-order valence-electron chi connectivity index (χ2n) is 6.60. The third kappa shape index (κ3) is 3.91. The van der Waals surface area contributed by atoms with Crippen molar-refractivity contribution >= 4 is 28.9 Å². The lowest BCUT2D eigenvalue weighted by atomic mass is 9.74. The molecule has 0 aliphatic heterocycles. The lowest BCUT2D eigenvalue weighted by Gasteiger charge is -2.37. The van der Waals surface area contributed by atoms with Gasteiger partial charge < -0.3 is 9.47 Å². The van der Waals surface area contributed by atoms with Gasteiger partial charge in [0.15, 0.2) is 5.75 Å². The van der Waals surface area contributed by atoms with Gasteiger partial charge in [-0.2, -0.15) is 0 Å². The van der Waals surface area contributed by atoms with Crippen LogP contribution in [0.3, 0.4) is 0 Å². The summed E-state index contributed by atoms with van der Waals surface area (Å²) in [6.07, 6.45) is 5.49. The van der Waals surface area contributed by atoms with Crippen LogP contribution in [0.4, 0.5) is 5.69 Å². The van der Waals surface area contributed by atoms with E-state index in [1.807, 2.05) is 18.2 Å². The standard InChI is InChI=1S/C17H19Cl2NO4/c1-17(2,3)15-13(23-4)6-5-7-14(15)24-16-11(18)8-10(20(21)22)9-12(16)19/h5-9,13,15H,1-4H3. The fourth-order valence-electron chi connectivity index (χ4n) is 2.74. The molecule has 5 nitrogen and oxygen atoms in total. The molecule has 0 spiro atoms. The highest BCUT2D eigenvalue weighted by Crippen LogP contribution is 2.43. The first-order valence-corrected chi connectivity index (χ1v) is 8.13. The molecule has 2 unspecified atom stereocenters. The fourth-order valence-corrected chi connectivity index (χ4v) is 3.29. The lowest BCUT2D eigenvalue weighted by molar-refractivity contribution is -0.384. The summed E-state index contributed by atoms with van der Waals surface area (Å²) in [5.41, 5.74) is -0.325. The van der Waals surface area contributed by atoms with Crippen LogP contribution in [-0.4, -0.2) is 18.1 Å². The van der Waals surface area contributed by atoms with Gasteiger partial charge in [-0.1, -0.05) is 56.1 Å². The minimum atomic E-state index is -0.553. The molecule has 1 aromatic rings. The number of nitro groups is 1. The predicted molar refractivity (Wildman–Crippen MR) is 94.7 cm³/mol. The monoisotopic (exact) mass is 371 g/mol. The summed E-state index contributed by atoms with van der Waals surface area (Å²) in [6.45, 7) is 6.25. The number of nitrogens with zero attached hydrogens (tertiary/aromatic N) is 1. The van der Waals surface area contributed by atoms with Gasteiger partial charge in [0, 0.05) is 19.2 Å². The third-order valence-electron chi connectivity index (χ3n) is 3.82. The largest absolute Gasteiger partial charge is 0.458 e. The van der Waals surface area contributed by atoms with Crippen LogP contribution in [0.25, 0.3) is 0 Å². The van der Waals surface area contributed by atoms with Crippen molar-refractivity contribution in [3.05, 3.63) is 56.3 Å². The molecule has 0 fully saturated rings. The SMILES string of the molecule is COC1C=CC=C(Oc2c(Cl)cc([N+](=O)[O-])cc2Cl)C1C(C)(C)C. The number of benzene rings is 1. The van der Waals surface area contributed by atoms with E-state index in [0.717, 1.165) is 0 Å². The van der Waals surface area contributed by atoms with Crippen LogP contribution in [0.2, 0.25) is 10.0 Å². The van der Waals surface area contributed by atoms with E-state index in [-0.39, 0.29) is 38.9 Å². The smallest absolute Gasteiger partial charge is 0.272 e. The second kappa shape index (κ2) is 7.13. The van der Waals surface area contributed by atoms with Crippen LogP contribution in [0.5, 0.6) is 5.75 Å². The molecule has 0 amide bonds. The van der Waals surface area contributed by atoms with Gasteiger partial charge in [0.25, 0.3) is 5.69 Å². The lowest BCUT2D eigenvalue weighted by Crippen LogP contribution is -2.36. The van der Waals surface area contributed by atoms with Crippen molar-refractivity contribution < 1.29 is 14.4 Å². The quantitative estimate of drug-likeness (QED) is 0.524. The molecule has 1 aliphatic rings. The Balaban J connectivity index is 2.41. The van der Waals surface area contributed by atoms with Gasteiger partial charge in [0.1, 0.15) is 5.76 Å². The van der Waals surface area contributed by atoms with E-state index in [1.165, 1.54) is 12.1 Å². The Labute approximate surface area is 151 Å². The molecule has 0 N–H and O–H groups in total. The maximum Gasteiger partial charge on any atom is 0.272 e. The summed E-state index contributed by atoms with van der Waals surface area (Å²) in [6, 6.07) is 2.45. The van der Waals surface area contributed by atoms with Crippen molar-refractivity contribution in [1.82, 2.24) is 0 Å². The van der Waals surface area contributed by atoms with Gasteiger partial charge in [-0.15, -0.1) is 0 Å². The van der Waals surface area contributed by atoms with Crippen LogP contribution in [-0.2, 0) is 4.74 Å².